The number of rotatable bonds is 10. The first kappa shape index (κ1) is 24.8. The van der Waals surface area contributed by atoms with Gasteiger partial charge in [-0.15, -0.1) is 4.33 Å². The van der Waals surface area contributed by atoms with E-state index in [4.69, 9.17) is 19.5 Å². The van der Waals surface area contributed by atoms with Crippen molar-refractivity contribution in [2.45, 2.75) is 69.1 Å². The fourth-order valence-electron chi connectivity index (χ4n) is 9.23. The summed E-state index contributed by atoms with van der Waals surface area (Å²) in [5.74, 6) is -0.742. The van der Waals surface area contributed by atoms with Crippen molar-refractivity contribution in [1.82, 2.24) is 0 Å². The van der Waals surface area contributed by atoms with E-state index >= 15 is 0 Å². The van der Waals surface area contributed by atoms with Crippen LogP contribution >= 0.6 is 12.0 Å². The summed E-state index contributed by atoms with van der Waals surface area (Å²) in [4.78, 5) is 36.8. The molecule has 0 aromatic carbocycles. The number of hydrogen-bond acceptors (Lipinski definition) is 10. The van der Waals surface area contributed by atoms with E-state index in [9.17, 15) is 23.2 Å². The highest BCUT2D eigenvalue weighted by Gasteiger charge is 2.62. The molecule has 1 saturated heterocycles. The molecule has 6 saturated carbocycles. The van der Waals surface area contributed by atoms with Crippen molar-refractivity contribution in [2.24, 2.45) is 46.3 Å². The van der Waals surface area contributed by atoms with Crippen molar-refractivity contribution in [3.8, 4) is 0 Å². The standard InChI is InChI=1S/C24H30F2O9S/c25-24(26,36-35-34-30)21(29)32-11-23-7-12-1-13(8-23)6-22(5-12,9-23)10-31-18(27)4-15-14-2-16-17(3-14)20(28)33-19(15)16/h12-17,19,30H,1-11H2. The number of fused-ring (bicyclic) bond motifs is 1. The van der Waals surface area contributed by atoms with Crippen molar-refractivity contribution in [2.75, 3.05) is 13.2 Å². The van der Waals surface area contributed by atoms with Gasteiger partial charge in [-0.2, -0.15) is 8.78 Å². The van der Waals surface area contributed by atoms with Crippen molar-refractivity contribution in [3.63, 3.8) is 0 Å². The monoisotopic (exact) mass is 532 g/mol. The summed E-state index contributed by atoms with van der Waals surface area (Å²) in [6.07, 6.45) is 6.97. The van der Waals surface area contributed by atoms with E-state index in [2.05, 4.69) is 9.37 Å². The van der Waals surface area contributed by atoms with E-state index in [1.54, 1.807) is 0 Å². The summed E-state index contributed by atoms with van der Waals surface area (Å²) < 4.78 is 47.8. The van der Waals surface area contributed by atoms with E-state index < -0.39 is 28.7 Å². The quantitative estimate of drug-likeness (QED) is 0.146. The normalized spacial score (nSPS) is 43.6. The molecule has 0 radical (unpaired) electrons. The van der Waals surface area contributed by atoms with Gasteiger partial charge in [0, 0.05) is 22.7 Å². The van der Waals surface area contributed by atoms with E-state index in [0.29, 0.717) is 24.2 Å². The average Bonchev–Trinajstić information content (AvgIpc) is 3.44. The number of alkyl halides is 2. The second-order valence-electron chi connectivity index (χ2n) is 12.2. The fraction of sp³-hybridized carbons (Fsp3) is 0.875. The Morgan fingerprint density at radius 1 is 1.06 bits per heavy atom. The Morgan fingerprint density at radius 2 is 1.72 bits per heavy atom. The molecule has 7 rings (SSSR count). The lowest BCUT2D eigenvalue weighted by Gasteiger charge is -2.61. The predicted molar refractivity (Wildman–Crippen MR) is 116 cm³/mol. The fourth-order valence-corrected chi connectivity index (χ4v) is 9.47. The molecule has 200 valence electrons. The van der Waals surface area contributed by atoms with Crippen LogP contribution in [0.2, 0.25) is 0 Å². The smallest absolute Gasteiger partial charge is 0.415 e. The van der Waals surface area contributed by atoms with Crippen LogP contribution in [-0.2, 0) is 38.0 Å². The third kappa shape index (κ3) is 4.21. The van der Waals surface area contributed by atoms with E-state index in [1.807, 2.05) is 0 Å². The molecule has 9 nitrogen and oxygen atoms in total. The molecule has 7 unspecified atom stereocenters. The number of carbonyl (C=O) groups excluding carboxylic acids is 3. The molecular formula is C24H30F2O9S. The minimum absolute atomic E-state index is 0.0127. The molecule has 6 aliphatic carbocycles. The zero-order valence-electron chi connectivity index (χ0n) is 19.7. The Labute approximate surface area is 210 Å². The molecule has 7 aliphatic rings. The van der Waals surface area contributed by atoms with Crippen molar-refractivity contribution >= 4 is 30.0 Å². The van der Waals surface area contributed by atoms with Crippen LogP contribution in [0.3, 0.4) is 0 Å². The lowest BCUT2D eigenvalue weighted by molar-refractivity contribution is -0.433. The largest absolute Gasteiger partial charge is 0.465 e. The van der Waals surface area contributed by atoms with Gasteiger partial charge in [0.2, 0.25) is 0 Å². The molecular weight excluding hydrogens is 502 g/mol. The molecule has 6 bridgehead atoms. The number of esters is 3. The minimum Gasteiger partial charge on any atom is -0.465 e. The van der Waals surface area contributed by atoms with Gasteiger partial charge in [0.15, 0.2) is 0 Å². The van der Waals surface area contributed by atoms with Crippen LogP contribution in [0.15, 0.2) is 0 Å². The second-order valence-corrected chi connectivity index (χ2v) is 13.0. The van der Waals surface area contributed by atoms with Crippen molar-refractivity contribution in [1.29, 1.82) is 0 Å². The Morgan fingerprint density at radius 3 is 2.39 bits per heavy atom. The highest BCUT2D eigenvalue weighted by Crippen LogP contribution is 2.65. The maximum absolute atomic E-state index is 13.8. The summed E-state index contributed by atoms with van der Waals surface area (Å²) in [7, 11) is 0. The van der Waals surface area contributed by atoms with Crippen molar-refractivity contribution < 1.29 is 52.0 Å². The van der Waals surface area contributed by atoms with Gasteiger partial charge in [-0.25, -0.2) is 10.1 Å². The van der Waals surface area contributed by atoms with Gasteiger partial charge in [0.05, 0.1) is 25.6 Å². The minimum atomic E-state index is -4.02. The van der Waals surface area contributed by atoms with Gasteiger partial charge in [0.1, 0.15) is 18.1 Å². The number of halogens is 2. The molecule has 1 heterocycles. The Balaban J connectivity index is 1.05. The van der Waals surface area contributed by atoms with Gasteiger partial charge in [-0.3, -0.25) is 9.59 Å². The van der Waals surface area contributed by atoms with E-state index in [-0.39, 0.29) is 60.8 Å². The summed E-state index contributed by atoms with van der Waals surface area (Å²) in [5, 5.41) is 7.20. The Hall–Kier alpha value is -1.50. The van der Waals surface area contributed by atoms with Crippen LogP contribution in [0.1, 0.15) is 57.8 Å². The van der Waals surface area contributed by atoms with Gasteiger partial charge in [0.25, 0.3) is 0 Å². The zero-order chi connectivity index (χ0) is 25.3. The van der Waals surface area contributed by atoms with Crippen LogP contribution in [-0.4, -0.2) is 47.7 Å². The molecule has 36 heavy (non-hydrogen) atoms. The average molecular weight is 533 g/mol. The third-order valence-electron chi connectivity index (χ3n) is 9.81. The summed E-state index contributed by atoms with van der Waals surface area (Å²) in [6, 6.07) is 0. The SMILES string of the molecule is O=C(CC1C2CC3C(=O)OC1C3C2)OCC12CC3CC(C1)CC(COC(=O)C(F)(F)SOOO)(C3)C2. The van der Waals surface area contributed by atoms with Crippen LogP contribution < -0.4 is 0 Å². The third-order valence-corrected chi connectivity index (χ3v) is 10.3. The second kappa shape index (κ2) is 8.78. The van der Waals surface area contributed by atoms with Crippen LogP contribution in [0, 0.1) is 46.3 Å². The predicted octanol–water partition coefficient (Wildman–Crippen LogP) is 3.91. The number of hydrogen-bond donors (Lipinski definition) is 1. The van der Waals surface area contributed by atoms with E-state index in [1.165, 1.54) is 0 Å². The molecule has 0 aromatic rings. The summed E-state index contributed by atoms with van der Waals surface area (Å²) in [6.45, 7) is 0.139. The first-order valence-electron chi connectivity index (χ1n) is 12.7. The zero-order valence-corrected chi connectivity index (χ0v) is 20.5. The van der Waals surface area contributed by atoms with Gasteiger partial charge in [-0.1, -0.05) is 5.04 Å². The first-order valence-corrected chi connectivity index (χ1v) is 13.4. The molecule has 1 aliphatic heterocycles. The molecule has 7 fully saturated rings. The Kier molecular flexibility index (Phi) is 6.05. The molecule has 12 heteroatoms. The summed E-state index contributed by atoms with van der Waals surface area (Å²) in [5.41, 5.74) is -0.657. The lowest BCUT2D eigenvalue weighted by Crippen LogP contribution is -2.55. The lowest BCUT2D eigenvalue weighted by atomic mass is 9.44. The molecule has 7 atom stereocenters. The maximum Gasteiger partial charge on any atom is 0.415 e. The number of ether oxygens (including phenoxy) is 3. The first-order chi connectivity index (χ1) is 17.1. The Bertz CT molecular complexity index is 931. The van der Waals surface area contributed by atoms with Gasteiger partial charge >= 0.3 is 23.2 Å². The highest BCUT2D eigenvalue weighted by molar-refractivity contribution is 7.96. The molecule has 0 amide bonds. The van der Waals surface area contributed by atoms with Crippen molar-refractivity contribution in [3.05, 3.63) is 0 Å². The molecule has 1 N–H and O–H groups in total. The molecule has 0 aromatic heterocycles. The number of carbonyl (C=O) groups is 3. The highest BCUT2D eigenvalue weighted by atomic mass is 32.2. The van der Waals surface area contributed by atoms with Gasteiger partial charge < -0.3 is 14.2 Å². The van der Waals surface area contributed by atoms with E-state index in [0.717, 1.165) is 44.9 Å². The van der Waals surface area contributed by atoms with Crippen LogP contribution in [0.5, 0.6) is 0 Å². The topological polar surface area (TPSA) is 118 Å². The van der Waals surface area contributed by atoms with Gasteiger partial charge in [-0.05, 0) is 69.1 Å². The summed E-state index contributed by atoms with van der Waals surface area (Å²) >= 11 is -0.629. The van der Waals surface area contributed by atoms with Crippen LogP contribution in [0.4, 0.5) is 8.78 Å². The molecule has 0 spiro atoms. The van der Waals surface area contributed by atoms with Crippen LogP contribution in [0.25, 0.3) is 0 Å². The maximum atomic E-state index is 13.8.